The molecule has 3 rings (SSSR count). The Labute approximate surface area is 137 Å². The standard InChI is InChI=1S/C20H23NO2/c1-14(16-11-10-15-6-3-4-7-17(15)12-16)21-20(22)18-8-5-9-19(13-18)23-2/h5,8-14H,3-4,6-7H2,1-2H3,(H,21,22)/t14-/m1/s1. The molecule has 0 heterocycles. The van der Waals surface area contributed by atoms with Gasteiger partial charge >= 0.3 is 0 Å². The molecule has 23 heavy (non-hydrogen) atoms. The van der Waals surface area contributed by atoms with Crippen molar-refractivity contribution < 1.29 is 9.53 Å². The SMILES string of the molecule is COc1cccc(C(=O)N[C@H](C)c2ccc3c(c2)CCCC3)c1. The smallest absolute Gasteiger partial charge is 0.251 e. The number of methoxy groups -OCH3 is 1. The molecule has 1 N–H and O–H groups in total. The third kappa shape index (κ3) is 3.55. The largest absolute Gasteiger partial charge is 0.497 e. The van der Waals surface area contributed by atoms with Crippen molar-refractivity contribution >= 4 is 5.91 Å². The van der Waals surface area contributed by atoms with Gasteiger partial charge in [-0.25, -0.2) is 0 Å². The maximum atomic E-state index is 12.4. The lowest BCUT2D eigenvalue weighted by molar-refractivity contribution is 0.0939. The molecule has 0 spiro atoms. The van der Waals surface area contributed by atoms with Crippen molar-refractivity contribution in [2.75, 3.05) is 7.11 Å². The average Bonchev–Trinajstić information content (AvgIpc) is 2.61. The number of amides is 1. The van der Waals surface area contributed by atoms with E-state index in [4.69, 9.17) is 4.74 Å². The molecule has 1 aliphatic rings. The predicted octanol–water partition coefficient (Wildman–Crippen LogP) is 4.07. The fourth-order valence-corrected chi connectivity index (χ4v) is 3.15. The van der Waals surface area contributed by atoms with Crippen molar-refractivity contribution in [1.29, 1.82) is 0 Å². The van der Waals surface area contributed by atoms with Crippen LogP contribution in [0.5, 0.6) is 5.75 Å². The van der Waals surface area contributed by atoms with Crippen molar-refractivity contribution in [2.45, 2.75) is 38.6 Å². The van der Waals surface area contributed by atoms with Gasteiger partial charge in [-0.05, 0) is 67.5 Å². The zero-order chi connectivity index (χ0) is 16.2. The van der Waals surface area contributed by atoms with Gasteiger partial charge in [-0.2, -0.15) is 0 Å². The van der Waals surface area contributed by atoms with E-state index in [1.54, 1.807) is 19.2 Å². The Morgan fingerprint density at radius 2 is 1.87 bits per heavy atom. The van der Waals surface area contributed by atoms with E-state index < -0.39 is 0 Å². The number of benzene rings is 2. The third-order valence-electron chi connectivity index (χ3n) is 4.55. The van der Waals surface area contributed by atoms with E-state index in [0.29, 0.717) is 11.3 Å². The molecule has 2 aromatic carbocycles. The highest BCUT2D eigenvalue weighted by Gasteiger charge is 2.15. The third-order valence-corrected chi connectivity index (χ3v) is 4.55. The quantitative estimate of drug-likeness (QED) is 0.924. The van der Waals surface area contributed by atoms with E-state index in [0.717, 1.165) is 6.42 Å². The summed E-state index contributed by atoms with van der Waals surface area (Å²) < 4.78 is 5.18. The Balaban J connectivity index is 1.73. The maximum absolute atomic E-state index is 12.4. The first kappa shape index (κ1) is 15.6. The lowest BCUT2D eigenvalue weighted by atomic mass is 9.89. The van der Waals surface area contributed by atoms with Gasteiger partial charge < -0.3 is 10.1 Å². The number of hydrogen-bond acceptors (Lipinski definition) is 2. The summed E-state index contributed by atoms with van der Waals surface area (Å²) in [4.78, 5) is 12.4. The summed E-state index contributed by atoms with van der Waals surface area (Å²) in [5, 5.41) is 3.08. The number of rotatable bonds is 4. The van der Waals surface area contributed by atoms with E-state index in [1.165, 1.54) is 36.0 Å². The normalized spacial score (nSPS) is 14.7. The molecule has 0 fully saturated rings. The van der Waals surface area contributed by atoms with Crippen molar-refractivity contribution in [3.8, 4) is 5.75 Å². The molecule has 0 bridgehead atoms. The summed E-state index contributed by atoms with van der Waals surface area (Å²) in [5.41, 5.74) is 4.69. The molecule has 0 aliphatic heterocycles. The van der Waals surface area contributed by atoms with Crippen LogP contribution in [0.2, 0.25) is 0 Å². The second-order valence-corrected chi connectivity index (χ2v) is 6.16. The summed E-state index contributed by atoms with van der Waals surface area (Å²) in [6, 6.07) is 13.8. The van der Waals surface area contributed by atoms with Gasteiger partial charge in [0.2, 0.25) is 0 Å². The average molecular weight is 309 g/mol. The summed E-state index contributed by atoms with van der Waals surface area (Å²) in [6.07, 6.45) is 4.88. The first-order chi connectivity index (χ1) is 11.2. The van der Waals surface area contributed by atoms with Gasteiger partial charge in [-0.15, -0.1) is 0 Å². The summed E-state index contributed by atoms with van der Waals surface area (Å²) in [6.45, 7) is 2.03. The van der Waals surface area contributed by atoms with Crippen LogP contribution < -0.4 is 10.1 Å². The number of carbonyl (C=O) groups excluding carboxylic acids is 1. The van der Waals surface area contributed by atoms with Crippen molar-refractivity contribution in [3.63, 3.8) is 0 Å². The summed E-state index contributed by atoms with van der Waals surface area (Å²) in [5.74, 6) is 0.619. The Kier molecular flexibility index (Phi) is 4.65. The van der Waals surface area contributed by atoms with Gasteiger partial charge in [0.25, 0.3) is 5.91 Å². The first-order valence-corrected chi connectivity index (χ1v) is 8.24. The molecule has 0 radical (unpaired) electrons. The van der Waals surface area contributed by atoms with Crippen LogP contribution in [-0.2, 0) is 12.8 Å². The highest BCUT2D eigenvalue weighted by atomic mass is 16.5. The van der Waals surface area contributed by atoms with E-state index in [1.807, 2.05) is 19.1 Å². The van der Waals surface area contributed by atoms with Gasteiger partial charge in [0.15, 0.2) is 0 Å². The number of hydrogen-bond donors (Lipinski definition) is 1. The van der Waals surface area contributed by atoms with E-state index >= 15 is 0 Å². The molecule has 120 valence electrons. The lowest BCUT2D eigenvalue weighted by Crippen LogP contribution is -2.26. The molecule has 1 atom stereocenters. The fraction of sp³-hybridized carbons (Fsp3) is 0.350. The second-order valence-electron chi connectivity index (χ2n) is 6.16. The Bertz CT molecular complexity index is 709. The first-order valence-electron chi connectivity index (χ1n) is 8.24. The number of ether oxygens (including phenoxy) is 1. The highest BCUT2D eigenvalue weighted by Crippen LogP contribution is 2.25. The zero-order valence-corrected chi connectivity index (χ0v) is 13.8. The number of fused-ring (bicyclic) bond motifs is 1. The van der Waals surface area contributed by atoms with E-state index in [-0.39, 0.29) is 11.9 Å². The van der Waals surface area contributed by atoms with Gasteiger partial charge in [0, 0.05) is 5.56 Å². The summed E-state index contributed by atoms with van der Waals surface area (Å²) >= 11 is 0. The summed E-state index contributed by atoms with van der Waals surface area (Å²) in [7, 11) is 1.60. The number of aryl methyl sites for hydroxylation is 2. The number of nitrogens with one attached hydrogen (secondary N) is 1. The Morgan fingerprint density at radius 3 is 2.65 bits per heavy atom. The van der Waals surface area contributed by atoms with E-state index in [9.17, 15) is 4.79 Å². The molecule has 0 aromatic heterocycles. The van der Waals surface area contributed by atoms with Crippen LogP contribution in [0.4, 0.5) is 0 Å². The van der Waals surface area contributed by atoms with Gasteiger partial charge in [-0.1, -0.05) is 24.3 Å². The molecule has 0 unspecified atom stereocenters. The highest BCUT2D eigenvalue weighted by molar-refractivity contribution is 5.94. The molecular formula is C20H23NO2. The monoisotopic (exact) mass is 309 g/mol. The van der Waals surface area contributed by atoms with Crippen LogP contribution in [0, 0.1) is 0 Å². The predicted molar refractivity (Wildman–Crippen MR) is 92.0 cm³/mol. The molecule has 0 saturated heterocycles. The van der Waals surface area contributed by atoms with Crippen LogP contribution >= 0.6 is 0 Å². The minimum absolute atomic E-state index is 0.0130. The van der Waals surface area contributed by atoms with Gasteiger partial charge in [0.05, 0.1) is 13.2 Å². The molecule has 3 nitrogen and oxygen atoms in total. The van der Waals surface area contributed by atoms with Crippen LogP contribution in [0.15, 0.2) is 42.5 Å². The molecule has 1 aliphatic carbocycles. The molecule has 1 amide bonds. The van der Waals surface area contributed by atoms with E-state index in [2.05, 4.69) is 23.5 Å². The minimum Gasteiger partial charge on any atom is -0.497 e. The topological polar surface area (TPSA) is 38.3 Å². The molecule has 2 aromatic rings. The molecular weight excluding hydrogens is 286 g/mol. The lowest BCUT2D eigenvalue weighted by Gasteiger charge is -2.20. The van der Waals surface area contributed by atoms with Crippen LogP contribution in [0.25, 0.3) is 0 Å². The maximum Gasteiger partial charge on any atom is 0.251 e. The second kappa shape index (κ2) is 6.86. The zero-order valence-electron chi connectivity index (χ0n) is 13.8. The molecule has 0 saturated carbocycles. The van der Waals surface area contributed by atoms with Gasteiger partial charge in [0.1, 0.15) is 5.75 Å². The van der Waals surface area contributed by atoms with Crippen molar-refractivity contribution in [3.05, 3.63) is 64.7 Å². The Hall–Kier alpha value is -2.29. The van der Waals surface area contributed by atoms with Crippen LogP contribution in [-0.4, -0.2) is 13.0 Å². The molecule has 3 heteroatoms. The minimum atomic E-state index is -0.0749. The van der Waals surface area contributed by atoms with Gasteiger partial charge in [-0.3, -0.25) is 4.79 Å². The fourth-order valence-electron chi connectivity index (χ4n) is 3.15. The van der Waals surface area contributed by atoms with Crippen LogP contribution in [0.3, 0.4) is 0 Å². The van der Waals surface area contributed by atoms with Crippen molar-refractivity contribution in [1.82, 2.24) is 5.32 Å². The Morgan fingerprint density at radius 1 is 1.09 bits per heavy atom. The number of carbonyl (C=O) groups is 1. The van der Waals surface area contributed by atoms with Crippen LogP contribution in [0.1, 0.15) is 52.9 Å². The van der Waals surface area contributed by atoms with Crippen molar-refractivity contribution in [2.24, 2.45) is 0 Å².